The van der Waals surface area contributed by atoms with E-state index in [0.717, 1.165) is 17.0 Å². The summed E-state index contributed by atoms with van der Waals surface area (Å²) < 4.78 is 13.2. The number of thioether (sulfide) groups is 1. The van der Waals surface area contributed by atoms with Crippen molar-refractivity contribution >= 4 is 29.0 Å². The van der Waals surface area contributed by atoms with Crippen molar-refractivity contribution in [3.8, 4) is 0 Å². The molecule has 7 heteroatoms. The second-order valence-electron chi connectivity index (χ2n) is 4.49. The van der Waals surface area contributed by atoms with Gasteiger partial charge in [0.15, 0.2) is 0 Å². The number of hydrogen-bond acceptors (Lipinski definition) is 4. The molecule has 1 amide bonds. The first-order valence-electron chi connectivity index (χ1n) is 6.44. The van der Waals surface area contributed by atoms with Crippen molar-refractivity contribution in [3.63, 3.8) is 0 Å². The number of rotatable bonds is 5. The first kappa shape index (κ1) is 16.0. The molecule has 0 aliphatic heterocycles. The number of nitro benzene ring substituents is 1. The van der Waals surface area contributed by atoms with Crippen molar-refractivity contribution < 1.29 is 14.1 Å². The van der Waals surface area contributed by atoms with Gasteiger partial charge in [-0.2, -0.15) is 4.39 Å². The third-order valence-corrected chi connectivity index (χ3v) is 3.95. The third kappa shape index (κ3) is 4.05. The maximum absolute atomic E-state index is 13.2. The highest BCUT2D eigenvalue weighted by atomic mass is 32.2. The Balaban J connectivity index is 2.05. The van der Waals surface area contributed by atoms with Gasteiger partial charge in [0.1, 0.15) is 0 Å². The van der Waals surface area contributed by atoms with Crippen LogP contribution in [-0.2, 0) is 4.79 Å². The molecule has 0 aliphatic carbocycles. The van der Waals surface area contributed by atoms with E-state index in [4.69, 9.17) is 0 Å². The van der Waals surface area contributed by atoms with Crippen LogP contribution in [0.1, 0.15) is 6.92 Å². The van der Waals surface area contributed by atoms with Crippen molar-refractivity contribution in [2.24, 2.45) is 0 Å². The molecule has 114 valence electrons. The normalized spacial score (nSPS) is 11.7. The summed E-state index contributed by atoms with van der Waals surface area (Å²) >= 11 is 1.36. The lowest BCUT2D eigenvalue weighted by Gasteiger charge is -2.12. The van der Waals surface area contributed by atoms with Gasteiger partial charge in [0.25, 0.3) is 0 Å². The van der Waals surface area contributed by atoms with Crippen LogP contribution in [-0.4, -0.2) is 16.1 Å². The van der Waals surface area contributed by atoms with Crippen LogP contribution in [0.4, 0.5) is 15.8 Å². The Morgan fingerprint density at radius 2 is 1.95 bits per heavy atom. The number of carbonyl (C=O) groups is 1. The van der Waals surface area contributed by atoms with Gasteiger partial charge in [0.05, 0.1) is 10.2 Å². The molecule has 1 atom stereocenters. The van der Waals surface area contributed by atoms with E-state index in [9.17, 15) is 19.3 Å². The molecule has 5 nitrogen and oxygen atoms in total. The standard InChI is InChI=1S/C15H13FN2O3S/c1-10(22-12-5-3-2-4-6-12)15(19)17-11-7-8-13(16)14(9-11)18(20)21/h2-10H,1H3,(H,17,19). The van der Waals surface area contributed by atoms with Crippen LogP contribution in [0.2, 0.25) is 0 Å². The topological polar surface area (TPSA) is 72.2 Å². The molecule has 1 unspecified atom stereocenters. The minimum atomic E-state index is -0.935. The predicted molar refractivity (Wildman–Crippen MR) is 83.4 cm³/mol. The van der Waals surface area contributed by atoms with E-state index in [1.54, 1.807) is 6.92 Å². The number of anilines is 1. The lowest BCUT2D eigenvalue weighted by atomic mass is 10.2. The molecular weight excluding hydrogens is 307 g/mol. The van der Waals surface area contributed by atoms with Gasteiger partial charge in [-0.15, -0.1) is 11.8 Å². The number of hydrogen-bond donors (Lipinski definition) is 1. The Morgan fingerprint density at radius 3 is 2.59 bits per heavy atom. The summed E-state index contributed by atoms with van der Waals surface area (Å²) in [5.74, 6) is -1.25. The van der Waals surface area contributed by atoms with E-state index in [-0.39, 0.29) is 11.6 Å². The Kier molecular flexibility index (Phi) is 5.11. The van der Waals surface area contributed by atoms with E-state index in [0.29, 0.717) is 0 Å². The average Bonchev–Trinajstić information content (AvgIpc) is 2.49. The average molecular weight is 320 g/mol. The summed E-state index contributed by atoms with van der Waals surface area (Å²) in [4.78, 5) is 22.9. The van der Waals surface area contributed by atoms with E-state index in [1.807, 2.05) is 30.3 Å². The molecule has 22 heavy (non-hydrogen) atoms. The van der Waals surface area contributed by atoms with Gasteiger partial charge < -0.3 is 5.32 Å². The molecule has 2 rings (SSSR count). The molecule has 1 N–H and O–H groups in total. The van der Waals surface area contributed by atoms with E-state index in [2.05, 4.69) is 5.32 Å². The van der Waals surface area contributed by atoms with Crippen molar-refractivity contribution in [1.29, 1.82) is 0 Å². The predicted octanol–water partition coefficient (Wildman–Crippen LogP) is 3.85. The lowest BCUT2D eigenvalue weighted by molar-refractivity contribution is -0.387. The molecule has 0 spiro atoms. The third-order valence-electron chi connectivity index (χ3n) is 2.84. The minimum absolute atomic E-state index is 0.193. The molecule has 0 aliphatic rings. The molecule has 0 bridgehead atoms. The minimum Gasteiger partial charge on any atom is -0.325 e. The van der Waals surface area contributed by atoms with Crippen molar-refractivity contribution in [1.82, 2.24) is 0 Å². The molecule has 2 aromatic rings. The van der Waals surface area contributed by atoms with Crippen molar-refractivity contribution in [2.75, 3.05) is 5.32 Å². The first-order chi connectivity index (χ1) is 10.5. The largest absolute Gasteiger partial charge is 0.325 e. The fourth-order valence-electron chi connectivity index (χ4n) is 1.73. The number of carbonyl (C=O) groups excluding carboxylic acids is 1. The van der Waals surface area contributed by atoms with Gasteiger partial charge >= 0.3 is 5.69 Å². The van der Waals surface area contributed by atoms with Crippen LogP contribution in [0.15, 0.2) is 53.4 Å². The van der Waals surface area contributed by atoms with Gasteiger partial charge in [-0.1, -0.05) is 18.2 Å². The summed E-state index contributed by atoms with van der Waals surface area (Å²) in [6.45, 7) is 1.73. The summed E-state index contributed by atoms with van der Waals surface area (Å²) in [6, 6.07) is 12.7. The van der Waals surface area contributed by atoms with Gasteiger partial charge in [-0.3, -0.25) is 14.9 Å². The van der Waals surface area contributed by atoms with E-state index >= 15 is 0 Å². The summed E-state index contributed by atoms with van der Waals surface area (Å²) in [7, 11) is 0. The number of nitrogens with zero attached hydrogens (tertiary/aromatic N) is 1. The van der Waals surface area contributed by atoms with Crippen LogP contribution >= 0.6 is 11.8 Å². The zero-order valence-electron chi connectivity index (χ0n) is 11.7. The first-order valence-corrected chi connectivity index (χ1v) is 7.32. The van der Waals surface area contributed by atoms with Crippen LogP contribution in [0.25, 0.3) is 0 Å². The highest BCUT2D eigenvalue weighted by Gasteiger charge is 2.18. The van der Waals surface area contributed by atoms with Crippen LogP contribution in [0.5, 0.6) is 0 Å². The van der Waals surface area contributed by atoms with Crippen molar-refractivity contribution in [3.05, 3.63) is 64.5 Å². The molecule has 0 saturated carbocycles. The summed E-state index contributed by atoms with van der Waals surface area (Å²) in [5, 5.41) is 12.8. The second-order valence-corrected chi connectivity index (χ2v) is 5.90. The molecular formula is C15H13FN2O3S. The number of benzene rings is 2. The number of nitrogens with one attached hydrogen (secondary N) is 1. The summed E-state index contributed by atoms with van der Waals surface area (Å²) in [5.41, 5.74) is -0.472. The monoisotopic (exact) mass is 320 g/mol. The maximum atomic E-state index is 13.2. The molecule has 0 radical (unpaired) electrons. The Morgan fingerprint density at radius 1 is 1.27 bits per heavy atom. The van der Waals surface area contributed by atoms with Crippen LogP contribution in [0, 0.1) is 15.9 Å². The zero-order chi connectivity index (χ0) is 16.1. The van der Waals surface area contributed by atoms with E-state index < -0.39 is 21.7 Å². The molecule has 0 aromatic heterocycles. The SMILES string of the molecule is CC(Sc1ccccc1)C(=O)Nc1ccc(F)c([N+](=O)[O-])c1. The quantitative estimate of drug-likeness (QED) is 0.516. The second kappa shape index (κ2) is 7.04. The number of halogens is 1. The Bertz CT molecular complexity index is 694. The fourth-order valence-corrected chi connectivity index (χ4v) is 2.62. The summed E-state index contributed by atoms with van der Waals surface area (Å²) in [6.07, 6.45) is 0. The lowest BCUT2D eigenvalue weighted by Crippen LogP contribution is -2.22. The zero-order valence-corrected chi connectivity index (χ0v) is 12.5. The van der Waals surface area contributed by atoms with Crippen LogP contribution in [0.3, 0.4) is 0 Å². The fraction of sp³-hybridized carbons (Fsp3) is 0.133. The van der Waals surface area contributed by atoms with E-state index in [1.165, 1.54) is 17.8 Å². The van der Waals surface area contributed by atoms with Gasteiger partial charge in [0.2, 0.25) is 11.7 Å². The van der Waals surface area contributed by atoms with Gasteiger partial charge in [0, 0.05) is 16.6 Å². The van der Waals surface area contributed by atoms with Gasteiger partial charge in [-0.25, -0.2) is 0 Å². The molecule has 0 heterocycles. The van der Waals surface area contributed by atoms with Gasteiger partial charge in [-0.05, 0) is 31.2 Å². The Labute approximate surface area is 130 Å². The highest BCUT2D eigenvalue weighted by molar-refractivity contribution is 8.00. The maximum Gasteiger partial charge on any atom is 0.306 e. The number of amides is 1. The Hall–Kier alpha value is -2.41. The molecule has 0 fully saturated rings. The molecule has 2 aromatic carbocycles. The number of nitro groups is 1. The van der Waals surface area contributed by atoms with Crippen molar-refractivity contribution in [2.45, 2.75) is 17.1 Å². The molecule has 0 saturated heterocycles. The highest BCUT2D eigenvalue weighted by Crippen LogP contribution is 2.25. The smallest absolute Gasteiger partial charge is 0.306 e. The van der Waals surface area contributed by atoms with Crippen LogP contribution < -0.4 is 5.32 Å².